The fourth-order valence-corrected chi connectivity index (χ4v) is 3.55. The maximum absolute atomic E-state index is 13.1. The van der Waals surface area contributed by atoms with Gasteiger partial charge in [-0.05, 0) is 29.5 Å². The van der Waals surface area contributed by atoms with Crippen molar-refractivity contribution in [2.45, 2.75) is 71.6 Å². The van der Waals surface area contributed by atoms with Crippen LogP contribution in [0.15, 0.2) is 24.3 Å². The topological polar surface area (TPSA) is 217 Å². The summed E-state index contributed by atoms with van der Waals surface area (Å²) in [5.74, 6) is -6.02. The van der Waals surface area contributed by atoms with E-state index in [1.165, 1.54) is 19.1 Å². The number of primary amides is 1. The number of aliphatic carboxylic acids is 1. The Morgan fingerprint density at radius 3 is 1.71 bits per heavy atom. The van der Waals surface area contributed by atoms with Crippen molar-refractivity contribution in [2.24, 2.45) is 17.6 Å². The smallest absolute Gasteiger partial charge is 0.326 e. The van der Waals surface area contributed by atoms with Gasteiger partial charge in [0.1, 0.15) is 29.9 Å². The van der Waals surface area contributed by atoms with Crippen LogP contribution in [0.5, 0.6) is 5.75 Å². The van der Waals surface area contributed by atoms with Crippen LogP contribution in [0.25, 0.3) is 0 Å². The Labute approximate surface area is 220 Å². The second kappa shape index (κ2) is 14.5. The summed E-state index contributed by atoms with van der Waals surface area (Å²) in [4.78, 5) is 73.7. The molecule has 0 heterocycles. The number of carboxylic acids is 1. The second-order valence-electron chi connectivity index (χ2n) is 9.65. The minimum Gasteiger partial charge on any atom is -0.508 e. The van der Waals surface area contributed by atoms with E-state index >= 15 is 0 Å². The highest BCUT2D eigenvalue weighted by Crippen LogP contribution is 2.12. The highest BCUT2D eigenvalue weighted by Gasteiger charge is 2.33. The van der Waals surface area contributed by atoms with Crippen molar-refractivity contribution < 1.29 is 39.0 Å². The maximum atomic E-state index is 13.1. The highest BCUT2D eigenvalue weighted by atomic mass is 16.4. The van der Waals surface area contributed by atoms with Crippen LogP contribution in [0.4, 0.5) is 0 Å². The van der Waals surface area contributed by atoms with Gasteiger partial charge >= 0.3 is 5.97 Å². The predicted octanol–water partition coefficient (Wildman–Crippen LogP) is -0.834. The molecule has 0 radical (unpaired) electrons. The van der Waals surface area contributed by atoms with Crippen LogP contribution in [0.1, 0.15) is 46.6 Å². The van der Waals surface area contributed by atoms with E-state index in [-0.39, 0.29) is 12.2 Å². The van der Waals surface area contributed by atoms with Crippen molar-refractivity contribution in [3.05, 3.63) is 29.8 Å². The SMILES string of the molecule is CC(=O)NC(Cc1ccc(O)cc1)C(=O)NC(C(=O)NC(CC(N)=O)C(=O)NC(C(=O)O)C(C)C)C(C)C. The number of phenolic OH excluding ortho intramolecular Hbond substituents is 1. The number of amides is 5. The number of rotatable bonds is 14. The molecule has 0 aliphatic carbocycles. The normalized spacial score (nSPS) is 14.1. The molecule has 0 aliphatic rings. The van der Waals surface area contributed by atoms with E-state index in [0.29, 0.717) is 5.56 Å². The van der Waals surface area contributed by atoms with Gasteiger partial charge in [0.15, 0.2) is 0 Å². The van der Waals surface area contributed by atoms with E-state index in [1.54, 1.807) is 39.8 Å². The summed E-state index contributed by atoms with van der Waals surface area (Å²) in [7, 11) is 0. The number of carboxylic acid groups (broad SMARTS) is 1. The van der Waals surface area contributed by atoms with Gasteiger partial charge in [-0.2, -0.15) is 0 Å². The van der Waals surface area contributed by atoms with E-state index in [4.69, 9.17) is 5.73 Å². The van der Waals surface area contributed by atoms with Crippen molar-refractivity contribution in [1.29, 1.82) is 0 Å². The average molecular weight is 536 g/mol. The number of aromatic hydroxyl groups is 1. The van der Waals surface area contributed by atoms with Crippen molar-refractivity contribution >= 4 is 35.5 Å². The van der Waals surface area contributed by atoms with Crippen molar-refractivity contribution in [1.82, 2.24) is 21.3 Å². The van der Waals surface area contributed by atoms with Gasteiger partial charge in [-0.15, -0.1) is 0 Å². The third kappa shape index (κ3) is 10.4. The first-order valence-electron chi connectivity index (χ1n) is 12.1. The number of phenols is 1. The van der Waals surface area contributed by atoms with Gasteiger partial charge in [0.2, 0.25) is 29.5 Å². The molecule has 210 valence electrons. The lowest BCUT2D eigenvalue weighted by Crippen LogP contribution is -2.60. The third-order valence-corrected chi connectivity index (χ3v) is 5.59. The minimum absolute atomic E-state index is 0.0310. The summed E-state index contributed by atoms with van der Waals surface area (Å²) < 4.78 is 0. The Bertz CT molecular complexity index is 1030. The van der Waals surface area contributed by atoms with Crippen LogP contribution >= 0.6 is 0 Å². The van der Waals surface area contributed by atoms with Gasteiger partial charge in [0, 0.05) is 13.3 Å². The molecular formula is C25H37N5O8. The maximum Gasteiger partial charge on any atom is 0.326 e. The zero-order valence-corrected chi connectivity index (χ0v) is 22.1. The first-order valence-corrected chi connectivity index (χ1v) is 12.1. The lowest BCUT2D eigenvalue weighted by molar-refractivity contribution is -0.143. The molecule has 1 rings (SSSR count). The van der Waals surface area contributed by atoms with Crippen LogP contribution in [0.2, 0.25) is 0 Å². The Kier molecular flexibility index (Phi) is 12.2. The molecule has 13 heteroatoms. The zero-order valence-electron chi connectivity index (χ0n) is 22.1. The molecule has 5 amide bonds. The molecule has 38 heavy (non-hydrogen) atoms. The minimum atomic E-state index is -1.48. The van der Waals surface area contributed by atoms with Gasteiger partial charge < -0.3 is 37.2 Å². The zero-order chi connectivity index (χ0) is 29.2. The molecule has 0 fully saturated rings. The van der Waals surface area contributed by atoms with Crippen LogP contribution in [0, 0.1) is 11.8 Å². The quantitative estimate of drug-likeness (QED) is 0.159. The second-order valence-corrected chi connectivity index (χ2v) is 9.65. The molecule has 8 N–H and O–H groups in total. The van der Waals surface area contributed by atoms with E-state index in [2.05, 4.69) is 21.3 Å². The molecule has 0 saturated heterocycles. The fraction of sp³-hybridized carbons (Fsp3) is 0.520. The molecule has 0 aliphatic heterocycles. The number of carbonyl (C=O) groups is 6. The summed E-state index contributed by atoms with van der Waals surface area (Å²) >= 11 is 0. The number of benzene rings is 1. The summed E-state index contributed by atoms with van der Waals surface area (Å²) in [5.41, 5.74) is 5.87. The van der Waals surface area contributed by atoms with E-state index < -0.39 is 77.9 Å². The van der Waals surface area contributed by atoms with Gasteiger partial charge in [-0.25, -0.2) is 4.79 Å². The van der Waals surface area contributed by atoms with E-state index in [0.717, 1.165) is 0 Å². The van der Waals surface area contributed by atoms with Gasteiger partial charge in [-0.1, -0.05) is 39.8 Å². The van der Waals surface area contributed by atoms with Crippen LogP contribution < -0.4 is 27.0 Å². The molecular weight excluding hydrogens is 498 g/mol. The molecule has 0 saturated carbocycles. The summed E-state index contributed by atoms with van der Waals surface area (Å²) in [6.07, 6.45) is -0.535. The third-order valence-electron chi connectivity index (χ3n) is 5.59. The summed E-state index contributed by atoms with van der Waals surface area (Å²) in [6.45, 7) is 7.67. The molecule has 1 aromatic carbocycles. The van der Waals surface area contributed by atoms with Crippen molar-refractivity contribution in [2.75, 3.05) is 0 Å². The Morgan fingerprint density at radius 2 is 1.26 bits per heavy atom. The Balaban J connectivity index is 3.09. The molecule has 1 aromatic rings. The first kappa shape index (κ1) is 31.9. The molecule has 0 spiro atoms. The van der Waals surface area contributed by atoms with Crippen LogP contribution in [-0.4, -0.2) is 69.9 Å². The van der Waals surface area contributed by atoms with E-state index in [9.17, 15) is 39.0 Å². The number of nitrogens with two attached hydrogens (primary N) is 1. The molecule has 0 bridgehead atoms. The first-order chi connectivity index (χ1) is 17.6. The fourth-order valence-electron chi connectivity index (χ4n) is 3.55. The monoisotopic (exact) mass is 535 g/mol. The van der Waals surface area contributed by atoms with Crippen LogP contribution in [0.3, 0.4) is 0 Å². The van der Waals surface area contributed by atoms with Gasteiger partial charge in [-0.3, -0.25) is 24.0 Å². The number of nitrogens with one attached hydrogen (secondary N) is 4. The number of carbonyl (C=O) groups excluding carboxylic acids is 5. The average Bonchev–Trinajstić information content (AvgIpc) is 2.79. The van der Waals surface area contributed by atoms with Crippen LogP contribution in [-0.2, 0) is 35.2 Å². The van der Waals surface area contributed by atoms with E-state index in [1.807, 2.05) is 0 Å². The van der Waals surface area contributed by atoms with Gasteiger partial charge in [0.05, 0.1) is 6.42 Å². The lowest BCUT2D eigenvalue weighted by Gasteiger charge is -2.28. The molecule has 4 atom stereocenters. The van der Waals surface area contributed by atoms with Gasteiger partial charge in [0.25, 0.3) is 0 Å². The number of hydrogen-bond acceptors (Lipinski definition) is 7. The summed E-state index contributed by atoms with van der Waals surface area (Å²) in [6, 6.07) is 1.04. The molecule has 0 aromatic heterocycles. The lowest BCUT2D eigenvalue weighted by atomic mass is 10.00. The largest absolute Gasteiger partial charge is 0.508 e. The predicted molar refractivity (Wildman–Crippen MR) is 136 cm³/mol. The standard InChI is InChI=1S/C25H37N5O8/c1-12(2)20(29-22(34)17(27-14(5)31)10-15-6-8-16(32)9-7-15)24(36)28-18(11-19(26)33)23(35)30-21(13(3)4)25(37)38/h6-9,12-13,17-18,20-21,32H,10-11H2,1-5H3,(H2,26,33)(H,27,31)(H,28,36)(H,29,34)(H,30,35)(H,37,38). The van der Waals surface area contributed by atoms with Crippen molar-refractivity contribution in [3.63, 3.8) is 0 Å². The molecule has 4 unspecified atom stereocenters. The highest BCUT2D eigenvalue weighted by molar-refractivity contribution is 5.96. The number of hydrogen-bond donors (Lipinski definition) is 7. The van der Waals surface area contributed by atoms with Crippen molar-refractivity contribution in [3.8, 4) is 5.75 Å². The molecule has 13 nitrogen and oxygen atoms in total. The Morgan fingerprint density at radius 1 is 0.763 bits per heavy atom. The Hall–Kier alpha value is -4.16. The summed E-state index contributed by atoms with van der Waals surface area (Å²) in [5, 5.41) is 28.6.